The van der Waals surface area contributed by atoms with Crippen LogP contribution in [0.4, 0.5) is 0 Å². The Labute approximate surface area is 136 Å². The molecule has 5 heteroatoms. The lowest BCUT2D eigenvalue weighted by atomic mass is 9.98. The Kier molecular flexibility index (Phi) is 5.17. The molecule has 1 aromatic carbocycles. The zero-order valence-corrected chi connectivity index (χ0v) is 13.1. The number of nitriles is 1. The number of rotatable bonds is 5. The Morgan fingerprint density at radius 1 is 1.35 bits per heavy atom. The largest absolute Gasteiger partial charge is 0.476 e. The second-order valence-corrected chi connectivity index (χ2v) is 5.91. The molecule has 0 spiro atoms. The molecule has 0 aliphatic carbocycles. The van der Waals surface area contributed by atoms with Crippen molar-refractivity contribution in [2.75, 3.05) is 19.7 Å². The van der Waals surface area contributed by atoms with Crippen molar-refractivity contribution in [3.8, 4) is 11.9 Å². The van der Waals surface area contributed by atoms with Crippen LogP contribution in [-0.4, -0.2) is 34.6 Å². The van der Waals surface area contributed by atoms with E-state index in [9.17, 15) is 0 Å². The van der Waals surface area contributed by atoms with Crippen LogP contribution >= 0.6 is 0 Å². The maximum absolute atomic E-state index is 9.00. The molecule has 1 saturated heterocycles. The van der Waals surface area contributed by atoms with Gasteiger partial charge in [-0.1, -0.05) is 12.1 Å². The molecule has 2 heterocycles. The van der Waals surface area contributed by atoms with Gasteiger partial charge in [0.2, 0.25) is 5.88 Å². The second-order valence-electron chi connectivity index (χ2n) is 5.91. The summed E-state index contributed by atoms with van der Waals surface area (Å²) >= 11 is 0. The van der Waals surface area contributed by atoms with Crippen LogP contribution < -0.4 is 4.74 Å². The molecule has 3 rings (SSSR count). The Bertz CT molecular complexity index is 668. The first kappa shape index (κ1) is 15.4. The topological polar surface area (TPSA) is 62.0 Å². The number of nitrogens with zero attached hydrogens (tertiary/aromatic N) is 4. The van der Waals surface area contributed by atoms with Gasteiger partial charge in [-0.05, 0) is 37.1 Å². The van der Waals surface area contributed by atoms with Gasteiger partial charge in [0.15, 0.2) is 0 Å². The van der Waals surface area contributed by atoms with Crippen LogP contribution in [0, 0.1) is 17.2 Å². The van der Waals surface area contributed by atoms with Gasteiger partial charge in [-0.15, -0.1) is 0 Å². The lowest BCUT2D eigenvalue weighted by Crippen LogP contribution is -2.37. The number of ether oxygens (including phenoxy) is 1. The van der Waals surface area contributed by atoms with E-state index in [4.69, 9.17) is 10.00 Å². The Morgan fingerprint density at radius 3 is 3.13 bits per heavy atom. The van der Waals surface area contributed by atoms with Crippen LogP contribution in [0.25, 0.3) is 0 Å². The van der Waals surface area contributed by atoms with Gasteiger partial charge in [0.1, 0.15) is 0 Å². The van der Waals surface area contributed by atoms with Gasteiger partial charge in [0.05, 0.1) is 24.4 Å². The fourth-order valence-electron chi connectivity index (χ4n) is 2.99. The van der Waals surface area contributed by atoms with E-state index in [1.165, 1.54) is 18.4 Å². The van der Waals surface area contributed by atoms with Crippen molar-refractivity contribution in [1.82, 2.24) is 14.9 Å². The first-order chi connectivity index (χ1) is 11.3. The molecular weight excluding hydrogens is 288 g/mol. The maximum atomic E-state index is 9.00. The molecule has 0 N–H and O–H groups in total. The lowest BCUT2D eigenvalue weighted by Gasteiger charge is -2.32. The first-order valence-electron chi connectivity index (χ1n) is 7.93. The average Bonchev–Trinajstić information content (AvgIpc) is 2.61. The van der Waals surface area contributed by atoms with Gasteiger partial charge in [0, 0.05) is 31.4 Å². The Hall–Kier alpha value is -2.45. The minimum atomic E-state index is 0.505. The number of hydrogen-bond donors (Lipinski definition) is 0. The summed E-state index contributed by atoms with van der Waals surface area (Å²) in [6.45, 7) is 3.67. The molecule has 0 radical (unpaired) electrons. The summed E-state index contributed by atoms with van der Waals surface area (Å²) < 4.78 is 5.74. The summed E-state index contributed by atoms with van der Waals surface area (Å²) in [6.07, 6.45) is 7.28. The van der Waals surface area contributed by atoms with Crippen LogP contribution in [0.2, 0.25) is 0 Å². The Morgan fingerprint density at radius 2 is 2.30 bits per heavy atom. The van der Waals surface area contributed by atoms with Gasteiger partial charge < -0.3 is 4.74 Å². The van der Waals surface area contributed by atoms with Crippen molar-refractivity contribution in [3.63, 3.8) is 0 Å². The molecular formula is C18H20N4O. The van der Waals surface area contributed by atoms with E-state index in [1.54, 1.807) is 18.6 Å². The molecule has 1 aromatic heterocycles. The molecule has 5 nitrogen and oxygen atoms in total. The predicted octanol–water partition coefficient (Wildman–Crippen LogP) is 2.64. The highest BCUT2D eigenvalue weighted by Gasteiger charge is 2.20. The van der Waals surface area contributed by atoms with Crippen molar-refractivity contribution in [1.29, 1.82) is 5.26 Å². The third kappa shape index (κ3) is 4.51. The maximum Gasteiger partial charge on any atom is 0.232 e. The van der Waals surface area contributed by atoms with Gasteiger partial charge in [-0.2, -0.15) is 5.26 Å². The molecule has 1 unspecified atom stereocenters. The van der Waals surface area contributed by atoms with Gasteiger partial charge >= 0.3 is 0 Å². The number of benzene rings is 1. The highest BCUT2D eigenvalue weighted by Crippen LogP contribution is 2.20. The SMILES string of the molecule is N#Cc1cccc(CN2CCCC(COc3cnccn3)C2)c1. The zero-order valence-electron chi connectivity index (χ0n) is 13.1. The minimum absolute atomic E-state index is 0.505. The van der Waals surface area contributed by atoms with Gasteiger partial charge in [-0.25, -0.2) is 4.98 Å². The van der Waals surface area contributed by atoms with Crippen LogP contribution in [0.1, 0.15) is 24.0 Å². The monoisotopic (exact) mass is 308 g/mol. The second kappa shape index (κ2) is 7.70. The third-order valence-electron chi connectivity index (χ3n) is 4.07. The first-order valence-corrected chi connectivity index (χ1v) is 7.93. The molecule has 2 aromatic rings. The molecule has 0 bridgehead atoms. The van der Waals surface area contributed by atoms with E-state index in [2.05, 4.69) is 27.0 Å². The highest BCUT2D eigenvalue weighted by atomic mass is 16.5. The quantitative estimate of drug-likeness (QED) is 0.849. The van der Waals surface area contributed by atoms with Gasteiger partial charge in [0.25, 0.3) is 0 Å². The lowest BCUT2D eigenvalue weighted by molar-refractivity contribution is 0.123. The minimum Gasteiger partial charge on any atom is -0.476 e. The fraction of sp³-hybridized carbons (Fsp3) is 0.389. The third-order valence-corrected chi connectivity index (χ3v) is 4.07. The van der Waals surface area contributed by atoms with E-state index in [-0.39, 0.29) is 0 Å². The number of hydrogen-bond acceptors (Lipinski definition) is 5. The highest BCUT2D eigenvalue weighted by molar-refractivity contribution is 5.32. The summed E-state index contributed by atoms with van der Waals surface area (Å²) in [5, 5.41) is 9.00. The van der Waals surface area contributed by atoms with E-state index < -0.39 is 0 Å². The molecule has 1 fully saturated rings. The van der Waals surface area contributed by atoms with Crippen LogP contribution in [-0.2, 0) is 6.54 Å². The molecule has 1 aliphatic heterocycles. The summed E-state index contributed by atoms with van der Waals surface area (Å²) in [5.41, 5.74) is 1.92. The van der Waals surface area contributed by atoms with E-state index in [0.29, 0.717) is 18.4 Å². The molecule has 118 valence electrons. The molecule has 0 amide bonds. The smallest absolute Gasteiger partial charge is 0.232 e. The summed E-state index contributed by atoms with van der Waals surface area (Å²) in [5.74, 6) is 1.09. The summed E-state index contributed by atoms with van der Waals surface area (Å²) in [7, 11) is 0. The normalized spacial score (nSPS) is 18.3. The van der Waals surface area contributed by atoms with Gasteiger partial charge in [-0.3, -0.25) is 9.88 Å². The fourth-order valence-corrected chi connectivity index (χ4v) is 2.99. The number of aromatic nitrogens is 2. The molecule has 1 aliphatic rings. The van der Waals surface area contributed by atoms with Crippen LogP contribution in [0.5, 0.6) is 5.88 Å². The number of piperidine rings is 1. The van der Waals surface area contributed by atoms with Crippen molar-refractivity contribution < 1.29 is 4.74 Å². The molecule has 23 heavy (non-hydrogen) atoms. The van der Waals surface area contributed by atoms with Crippen molar-refractivity contribution in [2.24, 2.45) is 5.92 Å². The zero-order chi connectivity index (χ0) is 15.9. The van der Waals surface area contributed by atoms with Crippen LogP contribution in [0.3, 0.4) is 0 Å². The summed E-state index contributed by atoms with van der Waals surface area (Å²) in [6, 6.07) is 10.1. The average molecular weight is 308 g/mol. The van der Waals surface area contributed by atoms with Crippen molar-refractivity contribution in [3.05, 3.63) is 54.0 Å². The number of likely N-dealkylation sites (tertiary alicyclic amines) is 1. The molecule has 1 atom stereocenters. The summed E-state index contributed by atoms with van der Waals surface area (Å²) in [4.78, 5) is 10.6. The predicted molar refractivity (Wildman–Crippen MR) is 86.7 cm³/mol. The van der Waals surface area contributed by atoms with Crippen molar-refractivity contribution >= 4 is 0 Å². The van der Waals surface area contributed by atoms with Crippen LogP contribution in [0.15, 0.2) is 42.9 Å². The van der Waals surface area contributed by atoms with E-state index >= 15 is 0 Å². The molecule has 0 saturated carbocycles. The standard InChI is InChI=1S/C18H20N4O/c19-10-15-3-1-4-16(9-15)12-22-8-2-5-17(13-22)14-23-18-11-20-6-7-21-18/h1,3-4,6-7,9,11,17H,2,5,8,12-14H2. The van der Waals surface area contributed by atoms with E-state index in [0.717, 1.165) is 25.2 Å². The Balaban J connectivity index is 1.52. The van der Waals surface area contributed by atoms with Crippen molar-refractivity contribution in [2.45, 2.75) is 19.4 Å². The van der Waals surface area contributed by atoms with E-state index in [1.807, 2.05) is 18.2 Å².